The molecule has 4 heteroatoms. The van der Waals surface area contributed by atoms with Crippen molar-refractivity contribution in [2.24, 2.45) is 11.8 Å². The van der Waals surface area contributed by atoms with Gasteiger partial charge in [0.25, 0.3) is 0 Å². The highest BCUT2D eigenvalue weighted by molar-refractivity contribution is 5.78. The third-order valence-corrected chi connectivity index (χ3v) is 4.49. The SMILES string of the molecule is CC1CCC(C(=O)NCCc2nc3ccccc3[nH]2)CC1. The van der Waals surface area contributed by atoms with Gasteiger partial charge in [-0.2, -0.15) is 0 Å². The number of rotatable bonds is 4. The molecule has 0 unspecified atom stereocenters. The summed E-state index contributed by atoms with van der Waals surface area (Å²) in [5, 5.41) is 3.06. The second-order valence-corrected chi connectivity index (χ2v) is 6.20. The summed E-state index contributed by atoms with van der Waals surface area (Å²) in [6, 6.07) is 8.00. The molecule has 1 heterocycles. The van der Waals surface area contributed by atoms with Gasteiger partial charge >= 0.3 is 0 Å². The van der Waals surface area contributed by atoms with Crippen molar-refractivity contribution in [2.45, 2.75) is 39.0 Å². The summed E-state index contributed by atoms with van der Waals surface area (Å²) >= 11 is 0. The van der Waals surface area contributed by atoms with Gasteiger partial charge in [0.05, 0.1) is 11.0 Å². The van der Waals surface area contributed by atoms with Crippen LogP contribution in [-0.2, 0) is 11.2 Å². The molecule has 21 heavy (non-hydrogen) atoms. The van der Waals surface area contributed by atoms with Gasteiger partial charge in [-0.05, 0) is 43.7 Å². The van der Waals surface area contributed by atoms with E-state index in [1.165, 1.54) is 12.8 Å². The fraction of sp³-hybridized carbons (Fsp3) is 0.529. The Kier molecular flexibility index (Phi) is 4.23. The van der Waals surface area contributed by atoms with Gasteiger partial charge in [-0.15, -0.1) is 0 Å². The Labute approximate surface area is 125 Å². The standard InChI is InChI=1S/C17H23N3O/c1-12-6-8-13(9-7-12)17(21)18-11-10-16-19-14-4-2-3-5-15(14)20-16/h2-5,12-13H,6-11H2,1H3,(H,18,21)(H,19,20). The molecule has 1 fully saturated rings. The van der Waals surface area contributed by atoms with Gasteiger partial charge in [-0.1, -0.05) is 19.1 Å². The van der Waals surface area contributed by atoms with Crippen molar-refractivity contribution >= 4 is 16.9 Å². The zero-order valence-electron chi connectivity index (χ0n) is 12.6. The molecule has 3 rings (SSSR count). The summed E-state index contributed by atoms with van der Waals surface area (Å²) in [6.07, 6.45) is 5.20. The molecule has 1 saturated carbocycles. The first kappa shape index (κ1) is 14.1. The molecule has 0 bridgehead atoms. The number of benzene rings is 1. The van der Waals surface area contributed by atoms with Gasteiger partial charge in [-0.3, -0.25) is 4.79 Å². The number of carbonyl (C=O) groups is 1. The van der Waals surface area contributed by atoms with Gasteiger partial charge in [0.15, 0.2) is 0 Å². The molecule has 0 saturated heterocycles. The van der Waals surface area contributed by atoms with Crippen LogP contribution in [0.3, 0.4) is 0 Å². The van der Waals surface area contributed by atoms with Crippen LogP contribution < -0.4 is 5.32 Å². The fourth-order valence-corrected chi connectivity index (χ4v) is 3.09. The van der Waals surface area contributed by atoms with Crippen molar-refractivity contribution in [3.8, 4) is 0 Å². The Morgan fingerprint density at radius 1 is 1.29 bits per heavy atom. The average molecular weight is 285 g/mol. The summed E-state index contributed by atoms with van der Waals surface area (Å²) in [5.41, 5.74) is 2.04. The van der Waals surface area contributed by atoms with E-state index in [-0.39, 0.29) is 11.8 Å². The smallest absolute Gasteiger partial charge is 0.223 e. The number of fused-ring (bicyclic) bond motifs is 1. The summed E-state index contributed by atoms with van der Waals surface area (Å²) in [6.45, 7) is 2.93. The van der Waals surface area contributed by atoms with E-state index >= 15 is 0 Å². The van der Waals surface area contributed by atoms with E-state index in [1.54, 1.807) is 0 Å². The number of nitrogens with one attached hydrogen (secondary N) is 2. The molecule has 1 aliphatic carbocycles. The number of para-hydroxylation sites is 2. The maximum absolute atomic E-state index is 12.1. The lowest BCUT2D eigenvalue weighted by atomic mass is 9.82. The van der Waals surface area contributed by atoms with Crippen LogP contribution in [0, 0.1) is 11.8 Å². The first-order chi connectivity index (χ1) is 10.2. The van der Waals surface area contributed by atoms with Gasteiger partial charge in [0.2, 0.25) is 5.91 Å². The van der Waals surface area contributed by atoms with E-state index in [4.69, 9.17) is 0 Å². The topological polar surface area (TPSA) is 57.8 Å². The summed E-state index contributed by atoms with van der Waals surface area (Å²) in [7, 11) is 0. The Balaban J connectivity index is 1.48. The first-order valence-corrected chi connectivity index (χ1v) is 7.93. The van der Waals surface area contributed by atoms with E-state index in [1.807, 2.05) is 24.3 Å². The monoisotopic (exact) mass is 285 g/mol. The van der Waals surface area contributed by atoms with Crippen LogP contribution in [0.25, 0.3) is 11.0 Å². The first-order valence-electron chi connectivity index (χ1n) is 7.93. The molecule has 1 aromatic carbocycles. The molecular weight excluding hydrogens is 262 g/mol. The van der Waals surface area contributed by atoms with Crippen LogP contribution in [0.1, 0.15) is 38.4 Å². The van der Waals surface area contributed by atoms with E-state index < -0.39 is 0 Å². The Hall–Kier alpha value is -1.84. The van der Waals surface area contributed by atoms with Crippen LogP contribution in [0.15, 0.2) is 24.3 Å². The maximum atomic E-state index is 12.1. The lowest BCUT2D eigenvalue weighted by Crippen LogP contribution is -2.34. The average Bonchev–Trinajstić information content (AvgIpc) is 2.90. The predicted octanol–water partition coefficient (Wildman–Crippen LogP) is 3.05. The number of amides is 1. The lowest BCUT2D eigenvalue weighted by Gasteiger charge is -2.25. The number of nitrogens with zero attached hydrogens (tertiary/aromatic N) is 1. The highest BCUT2D eigenvalue weighted by atomic mass is 16.1. The lowest BCUT2D eigenvalue weighted by molar-refractivity contribution is -0.126. The number of H-pyrrole nitrogens is 1. The minimum atomic E-state index is 0.219. The second kappa shape index (κ2) is 6.29. The number of aromatic nitrogens is 2. The van der Waals surface area contributed by atoms with Crippen LogP contribution >= 0.6 is 0 Å². The molecular formula is C17H23N3O. The summed E-state index contributed by atoms with van der Waals surface area (Å²) < 4.78 is 0. The third kappa shape index (κ3) is 3.43. The van der Waals surface area contributed by atoms with E-state index in [0.717, 1.165) is 42.0 Å². The van der Waals surface area contributed by atoms with E-state index in [9.17, 15) is 4.79 Å². The summed E-state index contributed by atoms with van der Waals surface area (Å²) in [5.74, 6) is 2.16. The minimum absolute atomic E-state index is 0.219. The van der Waals surface area contributed by atoms with Crippen molar-refractivity contribution in [1.29, 1.82) is 0 Å². The molecule has 1 aliphatic rings. The van der Waals surface area contributed by atoms with Crippen molar-refractivity contribution in [3.63, 3.8) is 0 Å². The van der Waals surface area contributed by atoms with Crippen molar-refractivity contribution in [1.82, 2.24) is 15.3 Å². The van der Waals surface area contributed by atoms with Gasteiger partial charge < -0.3 is 10.3 Å². The van der Waals surface area contributed by atoms with Crippen LogP contribution in [0.4, 0.5) is 0 Å². The summed E-state index contributed by atoms with van der Waals surface area (Å²) in [4.78, 5) is 19.9. The van der Waals surface area contributed by atoms with Crippen molar-refractivity contribution in [3.05, 3.63) is 30.1 Å². The Bertz CT molecular complexity index is 578. The Morgan fingerprint density at radius 3 is 2.81 bits per heavy atom. The van der Waals surface area contributed by atoms with E-state index in [2.05, 4.69) is 22.2 Å². The molecule has 1 amide bonds. The van der Waals surface area contributed by atoms with Crippen LogP contribution in [-0.4, -0.2) is 22.4 Å². The molecule has 2 aromatic rings. The highest BCUT2D eigenvalue weighted by Gasteiger charge is 2.23. The largest absolute Gasteiger partial charge is 0.355 e. The fourth-order valence-electron chi connectivity index (χ4n) is 3.09. The molecule has 0 atom stereocenters. The molecule has 4 nitrogen and oxygen atoms in total. The second-order valence-electron chi connectivity index (χ2n) is 6.20. The van der Waals surface area contributed by atoms with Gasteiger partial charge in [0.1, 0.15) is 5.82 Å². The van der Waals surface area contributed by atoms with Crippen LogP contribution in [0.2, 0.25) is 0 Å². The molecule has 2 N–H and O–H groups in total. The molecule has 0 spiro atoms. The third-order valence-electron chi connectivity index (χ3n) is 4.49. The van der Waals surface area contributed by atoms with Crippen molar-refractivity contribution < 1.29 is 4.79 Å². The van der Waals surface area contributed by atoms with Gasteiger partial charge in [0, 0.05) is 18.9 Å². The number of hydrogen-bond donors (Lipinski definition) is 2. The molecule has 0 radical (unpaired) electrons. The zero-order valence-corrected chi connectivity index (χ0v) is 12.6. The maximum Gasteiger partial charge on any atom is 0.223 e. The molecule has 1 aromatic heterocycles. The van der Waals surface area contributed by atoms with Gasteiger partial charge in [-0.25, -0.2) is 4.98 Å². The predicted molar refractivity (Wildman–Crippen MR) is 83.9 cm³/mol. The number of imidazole rings is 1. The van der Waals surface area contributed by atoms with Crippen molar-refractivity contribution in [2.75, 3.05) is 6.54 Å². The number of carbonyl (C=O) groups excluding carboxylic acids is 1. The zero-order chi connectivity index (χ0) is 14.7. The number of aromatic amines is 1. The molecule has 112 valence electrons. The highest BCUT2D eigenvalue weighted by Crippen LogP contribution is 2.28. The minimum Gasteiger partial charge on any atom is -0.355 e. The normalized spacial score (nSPS) is 22.3. The quantitative estimate of drug-likeness (QED) is 0.907. The Morgan fingerprint density at radius 2 is 2.05 bits per heavy atom. The number of hydrogen-bond acceptors (Lipinski definition) is 2. The van der Waals surface area contributed by atoms with E-state index in [0.29, 0.717) is 6.54 Å². The molecule has 0 aliphatic heterocycles. The van der Waals surface area contributed by atoms with Crippen LogP contribution in [0.5, 0.6) is 0 Å².